The number of aryl methyl sites for hydroxylation is 2. The van der Waals surface area contributed by atoms with E-state index in [1.54, 1.807) is 30.9 Å². The van der Waals surface area contributed by atoms with Gasteiger partial charge in [-0.05, 0) is 13.8 Å². The fourth-order valence-corrected chi connectivity index (χ4v) is 1.77. The molecule has 0 aliphatic heterocycles. The van der Waals surface area contributed by atoms with Crippen LogP contribution in [0.3, 0.4) is 0 Å². The summed E-state index contributed by atoms with van der Waals surface area (Å²) in [5.74, 6) is 0.806. The van der Waals surface area contributed by atoms with E-state index in [9.17, 15) is 10.1 Å². The van der Waals surface area contributed by atoms with Gasteiger partial charge in [0, 0.05) is 26.0 Å². The van der Waals surface area contributed by atoms with E-state index >= 15 is 0 Å². The summed E-state index contributed by atoms with van der Waals surface area (Å²) in [7, 11) is 1.76. The number of hydrogen-bond donors (Lipinski definition) is 1. The van der Waals surface area contributed by atoms with Crippen LogP contribution in [-0.4, -0.2) is 31.0 Å². The van der Waals surface area contributed by atoms with E-state index in [0.29, 0.717) is 24.0 Å². The maximum atomic E-state index is 11.2. The van der Waals surface area contributed by atoms with Crippen molar-refractivity contribution in [3.63, 3.8) is 0 Å². The third-order valence-electron chi connectivity index (χ3n) is 2.61. The SMILES string of the molecule is CCNc1nc(C)c([N+](=O)[O-])c(-c2nccn2C)n1. The van der Waals surface area contributed by atoms with Crippen LogP contribution in [0.4, 0.5) is 11.6 Å². The van der Waals surface area contributed by atoms with Crippen LogP contribution in [-0.2, 0) is 7.05 Å². The molecule has 0 amide bonds. The molecule has 0 fully saturated rings. The molecule has 2 aromatic heterocycles. The molecular formula is C11H14N6O2. The Balaban J connectivity index is 2.68. The van der Waals surface area contributed by atoms with Crippen LogP contribution < -0.4 is 5.32 Å². The summed E-state index contributed by atoms with van der Waals surface area (Å²) >= 11 is 0. The normalized spacial score (nSPS) is 10.5. The zero-order valence-electron chi connectivity index (χ0n) is 10.9. The molecule has 0 aliphatic carbocycles. The second kappa shape index (κ2) is 5.01. The molecule has 0 saturated carbocycles. The Labute approximate surface area is 109 Å². The quantitative estimate of drug-likeness (QED) is 0.662. The van der Waals surface area contributed by atoms with Gasteiger partial charge in [-0.1, -0.05) is 0 Å². The van der Waals surface area contributed by atoms with E-state index in [-0.39, 0.29) is 11.4 Å². The van der Waals surface area contributed by atoms with Gasteiger partial charge in [-0.15, -0.1) is 0 Å². The molecular weight excluding hydrogens is 248 g/mol. The van der Waals surface area contributed by atoms with Gasteiger partial charge in [0.1, 0.15) is 5.69 Å². The van der Waals surface area contributed by atoms with Gasteiger partial charge >= 0.3 is 5.69 Å². The van der Waals surface area contributed by atoms with E-state index in [4.69, 9.17) is 0 Å². The van der Waals surface area contributed by atoms with Crippen molar-refractivity contribution in [3.05, 3.63) is 28.2 Å². The first-order chi connectivity index (χ1) is 9.04. The third-order valence-corrected chi connectivity index (χ3v) is 2.61. The van der Waals surface area contributed by atoms with Crippen molar-refractivity contribution >= 4 is 11.6 Å². The Morgan fingerprint density at radius 2 is 2.21 bits per heavy atom. The second-order valence-corrected chi connectivity index (χ2v) is 3.98. The van der Waals surface area contributed by atoms with Crippen LogP contribution in [0.2, 0.25) is 0 Å². The zero-order chi connectivity index (χ0) is 14.0. The number of nitrogens with one attached hydrogen (secondary N) is 1. The van der Waals surface area contributed by atoms with E-state index in [1.165, 1.54) is 0 Å². The lowest BCUT2D eigenvalue weighted by molar-refractivity contribution is -0.385. The molecule has 0 unspecified atom stereocenters. The molecule has 2 aromatic rings. The van der Waals surface area contributed by atoms with Crippen molar-refractivity contribution in [1.29, 1.82) is 0 Å². The van der Waals surface area contributed by atoms with E-state index in [1.807, 2.05) is 6.92 Å². The number of nitro groups is 1. The predicted molar refractivity (Wildman–Crippen MR) is 69.8 cm³/mol. The smallest absolute Gasteiger partial charge is 0.319 e. The lowest BCUT2D eigenvalue weighted by Crippen LogP contribution is -2.09. The Hall–Kier alpha value is -2.51. The van der Waals surface area contributed by atoms with Crippen molar-refractivity contribution in [2.45, 2.75) is 13.8 Å². The van der Waals surface area contributed by atoms with Crippen LogP contribution in [0.5, 0.6) is 0 Å². The summed E-state index contributed by atoms with van der Waals surface area (Å²) in [5, 5.41) is 14.1. The van der Waals surface area contributed by atoms with Gasteiger partial charge in [-0.2, -0.15) is 0 Å². The minimum absolute atomic E-state index is 0.115. The van der Waals surface area contributed by atoms with Crippen LogP contribution in [0.1, 0.15) is 12.6 Å². The second-order valence-electron chi connectivity index (χ2n) is 3.98. The van der Waals surface area contributed by atoms with E-state index < -0.39 is 4.92 Å². The highest BCUT2D eigenvalue weighted by molar-refractivity contribution is 5.67. The molecule has 100 valence electrons. The van der Waals surface area contributed by atoms with E-state index in [2.05, 4.69) is 20.3 Å². The molecule has 0 aromatic carbocycles. The molecule has 19 heavy (non-hydrogen) atoms. The Morgan fingerprint density at radius 3 is 2.74 bits per heavy atom. The average molecular weight is 262 g/mol. The molecule has 0 saturated heterocycles. The first-order valence-electron chi connectivity index (χ1n) is 5.79. The lowest BCUT2D eigenvalue weighted by atomic mass is 10.2. The van der Waals surface area contributed by atoms with Gasteiger partial charge in [0.2, 0.25) is 5.95 Å². The largest absolute Gasteiger partial charge is 0.354 e. The summed E-state index contributed by atoms with van der Waals surface area (Å²) in [5.41, 5.74) is 0.422. The molecule has 0 atom stereocenters. The topological polar surface area (TPSA) is 98.8 Å². The minimum Gasteiger partial charge on any atom is -0.354 e. The molecule has 0 radical (unpaired) electrons. The van der Waals surface area contributed by atoms with Crippen LogP contribution in [0.25, 0.3) is 11.5 Å². The summed E-state index contributed by atoms with van der Waals surface area (Å²) in [6.07, 6.45) is 3.28. The Kier molecular flexibility index (Phi) is 3.41. The van der Waals surface area contributed by atoms with Gasteiger partial charge in [-0.25, -0.2) is 15.0 Å². The first kappa shape index (κ1) is 12.9. The molecule has 0 spiro atoms. The highest BCUT2D eigenvalue weighted by Gasteiger charge is 2.25. The standard InChI is InChI=1S/C11H14N6O2/c1-4-12-11-14-7(2)9(17(18)19)8(15-11)10-13-5-6-16(10)3/h5-6H,4H2,1-3H3,(H,12,14,15). The first-order valence-corrected chi connectivity index (χ1v) is 5.79. The van der Waals surface area contributed by atoms with Crippen molar-refractivity contribution in [2.24, 2.45) is 7.05 Å². The summed E-state index contributed by atoms with van der Waals surface area (Å²) < 4.78 is 1.69. The predicted octanol–water partition coefficient (Wildman–Crippen LogP) is 1.53. The number of aromatic nitrogens is 4. The van der Waals surface area contributed by atoms with Crippen LogP contribution >= 0.6 is 0 Å². The molecule has 8 nitrogen and oxygen atoms in total. The fourth-order valence-electron chi connectivity index (χ4n) is 1.77. The van der Waals surface area contributed by atoms with Gasteiger partial charge in [0.05, 0.1) is 4.92 Å². The molecule has 8 heteroatoms. The monoisotopic (exact) mass is 262 g/mol. The average Bonchev–Trinajstić information content (AvgIpc) is 2.74. The lowest BCUT2D eigenvalue weighted by Gasteiger charge is -2.08. The molecule has 1 N–H and O–H groups in total. The molecule has 0 aliphatic rings. The zero-order valence-corrected chi connectivity index (χ0v) is 10.9. The molecule has 2 heterocycles. The number of anilines is 1. The fraction of sp³-hybridized carbons (Fsp3) is 0.364. The van der Waals surface area contributed by atoms with Gasteiger partial charge in [-0.3, -0.25) is 10.1 Å². The van der Waals surface area contributed by atoms with Crippen molar-refractivity contribution < 1.29 is 4.92 Å². The Morgan fingerprint density at radius 1 is 1.47 bits per heavy atom. The van der Waals surface area contributed by atoms with Crippen molar-refractivity contribution in [3.8, 4) is 11.5 Å². The van der Waals surface area contributed by atoms with Crippen LogP contribution in [0, 0.1) is 17.0 Å². The third kappa shape index (κ3) is 2.37. The maximum absolute atomic E-state index is 11.2. The molecule has 2 rings (SSSR count). The number of hydrogen-bond acceptors (Lipinski definition) is 6. The van der Waals surface area contributed by atoms with Gasteiger partial charge in [0.25, 0.3) is 0 Å². The minimum atomic E-state index is -0.477. The molecule has 0 bridgehead atoms. The van der Waals surface area contributed by atoms with E-state index in [0.717, 1.165) is 0 Å². The van der Waals surface area contributed by atoms with Crippen LogP contribution in [0.15, 0.2) is 12.4 Å². The summed E-state index contributed by atoms with van der Waals surface area (Å²) in [4.78, 5) is 23.1. The Bertz CT molecular complexity index is 622. The maximum Gasteiger partial charge on any atom is 0.319 e. The van der Waals surface area contributed by atoms with Gasteiger partial charge < -0.3 is 9.88 Å². The van der Waals surface area contributed by atoms with Crippen molar-refractivity contribution in [2.75, 3.05) is 11.9 Å². The highest BCUT2D eigenvalue weighted by atomic mass is 16.6. The number of imidazole rings is 1. The summed E-state index contributed by atoms with van der Waals surface area (Å²) in [6, 6.07) is 0. The van der Waals surface area contributed by atoms with Gasteiger partial charge in [0.15, 0.2) is 11.5 Å². The highest BCUT2D eigenvalue weighted by Crippen LogP contribution is 2.29. The number of nitrogens with zero attached hydrogens (tertiary/aromatic N) is 5. The van der Waals surface area contributed by atoms with Crippen molar-refractivity contribution in [1.82, 2.24) is 19.5 Å². The summed E-state index contributed by atoms with van der Waals surface area (Å²) in [6.45, 7) is 4.13. The number of rotatable bonds is 4.